The third-order valence-electron chi connectivity index (χ3n) is 1.53. The second-order valence-electron chi connectivity index (χ2n) is 2.39. The highest BCUT2D eigenvalue weighted by molar-refractivity contribution is 6.29. The number of hydrogen-bond acceptors (Lipinski definition) is 1. The molecule has 48 valence electrons. The zero-order valence-corrected chi connectivity index (χ0v) is 5.65. The molecular formula is C6H7ClN2. The molecule has 1 saturated carbocycles. The van der Waals surface area contributed by atoms with Crippen molar-refractivity contribution in [3.63, 3.8) is 0 Å². The van der Waals surface area contributed by atoms with Gasteiger partial charge in [-0.2, -0.15) is 0 Å². The molecule has 2 nitrogen and oxygen atoms in total. The predicted molar refractivity (Wildman–Crippen MR) is 35.6 cm³/mol. The van der Waals surface area contributed by atoms with Gasteiger partial charge in [0.1, 0.15) is 11.0 Å². The molecule has 2 rings (SSSR count). The fourth-order valence-electron chi connectivity index (χ4n) is 0.877. The van der Waals surface area contributed by atoms with Crippen LogP contribution in [0.15, 0.2) is 6.20 Å². The number of hydrogen-bond donors (Lipinski definition) is 1. The van der Waals surface area contributed by atoms with Crippen molar-refractivity contribution in [1.29, 1.82) is 0 Å². The molecule has 0 saturated heterocycles. The summed E-state index contributed by atoms with van der Waals surface area (Å²) in [4.78, 5) is 7.08. The molecule has 9 heavy (non-hydrogen) atoms. The fraction of sp³-hybridized carbons (Fsp3) is 0.500. The second kappa shape index (κ2) is 1.74. The molecule has 1 heterocycles. The van der Waals surface area contributed by atoms with Crippen LogP contribution in [0.3, 0.4) is 0 Å². The Kier molecular flexibility index (Phi) is 1.02. The Morgan fingerprint density at radius 2 is 2.44 bits per heavy atom. The van der Waals surface area contributed by atoms with Crippen LogP contribution in [-0.4, -0.2) is 9.97 Å². The minimum atomic E-state index is 0.650. The molecule has 1 fully saturated rings. The summed E-state index contributed by atoms with van der Waals surface area (Å²) in [6, 6.07) is 0. The number of rotatable bonds is 1. The van der Waals surface area contributed by atoms with Gasteiger partial charge in [-0.3, -0.25) is 0 Å². The molecule has 1 N–H and O–H groups in total. The standard InChI is InChI=1S/C6H7ClN2/c7-5-3-8-6(9-5)4-1-2-4/h3-4H,1-2H2,(H,8,9). The van der Waals surface area contributed by atoms with E-state index < -0.39 is 0 Å². The Morgan fingerprint density at radius 3 is 2.89 bits per heavy atom. The van der Waals surface area contributed by atoms with Gasteiger partial charge in [-0.1, -0.05) is 11.6 Å². The normalized spacial score (nSPS) is 18.3. The number of imidazole rings is 1. The highest BCUT2D eigenvalue weighted by Crippen LogP contribution is 2.38. The van der Waals surface area contributed by atoms with Crippen LogP contribution in [0.2, 0.25) is 5.15 Å². The summed E-state index contributed by atoms with van der Waals surface area (Å²) in [5, 5.41) is 0.650. The average molecular weight is 143 g/mol. The molecule has 0 atom stereocenters. The van der Waals surface area contributed by atoms with Crippen LogP contribution in [0, 0.1) is 0 Å². The van der Waals surface area contributed by atoms with Gasteiger partial charge in [0.25, 0.3) is 0 Å². The smallest absolute Gasteiger partial charge is 0.126 e. The third kappa shape index (κ3) is 0.944. The zero-order valence-electron chi connectivity index (χ0n) is 4.89. The monoisotopic (exact) mass is 142 g/mol. The third-order valence-corrected chi connectivity index (χ3v) is 1.72. The van der Waals surface area contributed by atoms with Gasteiger partial charge in [0.15, 0.2) is 0 Å². The van der Waals surface area contributed by atoms with Crippen LogP contribution in [0.25, 0.3) is 0 Å². The van der Waals surface area contributed by atoms with Crippen LogP contribution >= 0.6 is 11.6 Å². The minimum Gasteiger partial charge on any atom is -0.333 e. The second-order valence-corrected chi connectivity index (χ2v) is 2.80. The van der Waals surface area contributed by atoms with E-state index in [1.165, 1.54) is 12.8 Å². The Labute approximate surface area is 58.3 Å². The maximum atomic E-state index is 5.61. The summed E-state index contributed by atoms with van der Waals surface area (Å²) in [5.41, 5.74) is 0. The Balaban J connectivity index is 2.28. The van der Waals surface area contributed by atoms with Gasteiger partial charge >= 0.3 is 0 Å². The van der Waals surface area contributed by atoms with E-state index in [1.54, 1.807) is 6.20 Å². The first-order valence-corrected chi connectivity index (χ1v) is 3.44. The van der Waals surface area contributed by atoms with Crippen LogP contribution in [0.5, 0.6) is 0 Å². The van der Waals surface area contributed by atoms with Crippen LogP contribution in [0.4, 0.5) is 0 Å². The van der Waals surface area contributed by atoms with Crippen LogP contribution in [-0.2, 0) is 0 Å². The maximum Gasteiger partial charge on any atom is 0.126 e. The lowest BCUT2D eigenvalue weighted by Gasteiger charge is -1.84. The van der Waals surface area contributed by atoms with E-state index >= 15 is 0 Å². The lowest BCUT2D eigenvalue weighted by atomic mass is 10.4. The summed E-state index contributed by atoms with van der Waals surface area (Å²) in [6.07, 6.45) is 4.20. The number of H-pyrrole nitrogens is 1. The van der Waals surface area contributed by atoms with E-state index in [4.69, 9.17) is 11.6 Å². The molecule has 0 bridgehead atoms. The molecule has 0 radical (unpaired) electrons. The SMILES string of the molecule is Clc1cnc(C2CC2)[nH]1. The molecule has 1 aliphatic rings. The maximum absolute atomic E-state index is 5.61. The minimum absolute atomic E-state index is 0.650. The van der Waals surface area contributed by atoms with E-state index in [-0.39, 0.29) is 0 Å². The molecule has 1 aromatic heterocycles. The van der Waals surface area contributed by atoms with Crippen molar-refractivity contribution in [2.45, 2.75) is 18.8 Å². The molecule has 0 amide bonds. The first-order valence-electron chi connectivity index (χ1n) is 3.06. The van der Waals surface area contributed by atoms with E-state index in [9.17, 15) is 0 Å². The topological polar surface area (TPSA) is 28.7 Å². The summed E-state index contributed by atoms with van der Waals surface area (Å²) in [7, 11) is 0. The van der Waals surface area contributed by atoms with E-state index in [0.29, 0.717) is 11.1 Å². The summed E-state index contributed by atoms with van der Waals surface area (Å²) in [5.74, 6) is 1.73. The summed E-state index contributed by atoms with van der Waals surface area (Å²) in [6.45, 7) is 0. The zero-order chi connectivity index (χ0) is 6.27. The quantitative estimate of drug-likeness (QED) is 0.638. The van der Waals surface area contributed by atoms with Gasteiger partial charge in [-0.25, -0.2) is 4.98 Å². The first-order chi connectivity index (χ1) is 4.36. The van der Waals surface area contributed by atoms with Gasteiger partial charge in [0.05, 0.1) is 6.20 Å². The molecule has 1 aromatic rings. The van der Waals surface area contributed by atoms with Gasteiger partial charge < -0.3 is 4.98 Å². The van der Waals surface area contributed by atoms with Gasteiger partial charge in [0.2, 0.25) is 0 Å². The Hall–Kier alpha value is -0.500. The highest BCUT2D eigenvalue weighted by Gasteiger charge is 2.25. The molecule has 3 heteroatoms. The van der Waals surface area contributed by atoms with Crippen molar-refractivity contribution >= 4 is 11.6 Å². The molecule has 0 aliphatic heterocycles. The Bertz CT molecular complexity index is 215. The first kappa shape index (κ1) is 5.30. The average Bonchev–Trinajstić information content (AvgIpc) is 2.58. The van der Waals surface area contributed by atoms with Gasteiger partial charge in [-0.15, -0.1) is 0 Å². The predicted octanol–water partition coefficient (Wildman–Crippen LogP) is 1.94. The van der Waals surface area contributed by atoms with Gasteiger partial charge in [-0.05, 0) is 12.8 Å². The fourth-order valence-corrected chi connectivity index (χ4v) is 1.02. The van der Waals surface area contributed by atoms with Crippen molar-refractivity contribution in [2.75, 3.05) is 0 Å². The summed E-state index contributed by atoms with van der Waals surface area (Å²) >= 11 is 5.61. The van der Waals surface area contributed by atoms with Gasteiger partial charge in [0, 0.05) is 5.92 Å². The van der Waals surface area contributed by atoms with Crippen LogP contribution in [0.1, 0.15) is 24.6 Å². The van der Waals surface area contributed by atoms with Crippen molar-refractivity contribution in [2.24, 2.45) is 0 Å². The van der Waals surface area contributed by atoms with Crippen molar-refractivity contribution < 1.29 is 0 Å². The molecule has 0 spiro atoms. The number of nitrogens with one attached hydrogen (secondary N) is 1. The van der Waals surface area contributed by atoms with Crippen LogP contribution < -0.4 is 0 Å². The van der Waals surface area contributed by atoms with Crippen molar-refractivity contribution in [3.05, 3.63) is 17.2 Å². The van der Waals surface area contributed by atoms with E-state index in [0.717, 1.165) is 5.82 Å². The van der Waals surface area contributed by atoms with E-state index in [2.05, 4.69) is 9.97 Å². The molecule has 0 aromatic carbocycles. The van der Waals surface area contributed by atoms with Crippen molar-refractivity contribution in [3.8, 4) is 0 Å². The lowest BCUT2D eigenvalue weighted by Crippen LogP contribution is -1.79. The molecular weight excluding hydrogens is 136 g/mol. The Morgan fingerprint density at radius 1 is 1.67 bits per heavy atom. The number of nitrogens with zero attached hydrogens (tertiary/aromatic N) is 1. The number of aromatic nitrogens is 2. The largest absolute Gasteiger partial charge is 0.333 e. The molecule has 0 unspecified atom stereocenters. The number of aromatic amines is 1. The van der Waals surface area contributed by atoms with E-state index in [1.807, 2.05) is 0 Å². The summed E-state index contributed by atoms with van der Waals surface area (Å²) < 4.78 is 0. The van der Waals surface area contributed by atoms with Crippen molar-refractivity contribution in [1.82, 2.24) is 9.97 Å². The highest BCUT2D eigenvalue weighted by atomic mass is 35.5. The molecule has 1 aliphatic carbocycles. The number of halogens is 1. The lowest BCUT2D eigenvalue weighted by molar-refractivity contribution is 0.976.